The highest BCUT2D eigenvalue weighted by Gasteiger charge is 1.97. The number of rotatable bonds is 1. The predicted octanol–water partition coefficient (Wildman–Crippen LogP) is 2.43. The Labute approximate surface area is 48.1 Å². The molecule has 0 heterocycles. The van der Waals surface area contributed by atoms with E-state index in [4.69, 9.17) is 0 Å². The van der Waals surface area contributed by atoms with Gasteiger partial charge in [0.1, 0.15) is 0 Å². The normalized spacial score (nSPS) is 15.5. The van der Waals surface area contributed by atoms with Crippen molar-refractivity contribution in [2.24, 2.45) is 5.92 Å². The van der Waals surface area contributed by atoms with Crippen molar-refractivity contribution < 1.29 is 0 Å². The Balaban J connectivity index is 2.99. The number of alkyl halides is 1. The summed E-state index contributed by atoms with van der Waals surface area (Å²) in [6.45, 7) is 6.55. The summed E-state index contributed by atoms with van der Waals surface area (Å²) in [4.78, 5) is 0.664. The summed E-state index contributed by atoms with van der Waals surface area (Å²) in [6.07, 6.45) is 0. The fraction of sp³-hybridized carbons (Fsp3) is 1.00. The van der Waals surface area contributed by atoms with Crippen LogP contribution in [0.5, 0.6) is 0 Å². The van der Waals surface area contributed by atoms with Crippen LogP contribution in [0.3, 0.4) is 0 Å². The van der Waals surface area contributed by atoms with Gasteiger partial charge in [0.15, 0.2) is 0 Å². The molecule has 1 atom stereocenters. The van der Waals surface area contributed by atoms with Gasteiger partial charge in [0.25, 0.3) is 0 Å². The average Bonchev–Trinajstić information content (AvgIpc) is 1.36. The Morgan fingerprint density at radius 2 is 1.33 bits per heavy atom. The molecule has 0 aromatic rings. The summed E-state index contributed by atoms with van der Waals surface area (Å²) in [5.74, 6) is 0.769. The smallest absolute Gasteiger partial charge is 0.0140 e. The van der Waals surface area contributed by atoms with Gasteiger partial charge in [-0.2, -0.15) is 0 Å². The summed E-state index contributed by atoms with van der Waals surface area (Å²) < 4.78 is 0. The predicted molar refractivity (Wildman–Crippen MR) is 33.2 cm³/mol. The molecule has 38 valence electrons. The molecular weight excluding hydrogens is 140 g/mol. The summed E-state index contributed by atoms with van der Waals surface area (Å²) >= 11 is 3.44. The first-order valence-electron chi connectivity index (χ1n) is 2.28. The topological polar surface area (TPSA) is 0 Å². The van der Waals surface area contributed by atoms with Crippen LogP contribution in [0.15, 0.2) is 0 Å². The summed E-state index contributed by atoms with van der Waals surface area (Å²) in [7, 11) is 0. The Kier molecular flexibility index (Phi) is 2.83. The van der Waals surface area contributed by atoms with E-state index < -0.39 is 0 Å². The molecular formula is C5H11Br. The zero-order valence-electron chi connectivity index (χ0n) is 4.53. The molecule has 0 aliphatic heterocycles. The van der Waals surface area contributed by atoms with Crippen LogP contribution < -0.4 is 0 Å². The number of halogens is 1. The van der Waals surface area contributed by atoms with E-state index >= 15 is 0 Å². The van der Waals surface area contributed by atoms with E-state index in [1.165, 1.54) is 0 Å². The van der Waals surface area contributed by atoms with Crippen LogP contribution in [0.1, 0.15) is 20.8 Å². The maximum atomic E-state index is 3.44. The van der Waals surface area contributed by atoms with Gasteiger partial charge >= 0.3 is 0 Å². The van der Waals surface area contributed by atoms with E-state index in [0.717, 1.165) is 5.92 Å². The Morgan fingerprint density at radius 1 is 1.17 bits per heavy atom. The van der Waals surface area contributed by atoms with Gasteiger partial charge in [-0.3, -0.25) is 0 Å². The van der Waals surface area contributed by atoms with E-state index in [2.05, 4.69) is 36.7 Å². The van der Waals surface area contributed by atoms with E-state index in [0.29, 0.717) is 4.83 Å². The van der Waals surface area contributed by atoms with Gasteiger partial charge in [0.05, 0.1) is 0 Å². The molecule has 0 fully saturated rings. The average molecular weight is 151 g/mol. The molecule has 0 unspecified atom stereocenters. The Morgan fingerprint density at radius 3 is 1.33 bits per heavy atom. The minimum atomic E-state index is 0.664. The summed E-state index contributed by atoms with van der Waals surface area (Å²) in [5, 5.41) is 0. The van der Waals surface area contributed by atoms with Gasteiger partial charge in [0, 0.05) is 4.83 Å². The Bertz CT molecular complexity index is 24.9. The second-order valence-electron chi connectivity index (χ2n) is 1.92. The maximum Gasteiger partial charge on any atom is 0.0140 e. The highest BCUT2D eigenvalue weighted by Crippen LogP contribution is 2.08. The van der Waals surface area contributed by atoms with Crippen molar-refractivity contribution in [3.8, 4) is 0 Å². The highest BCUT2D eigenvalue weighted by molar-refractivity contribution is 9.09. The lowest BCUT2D eigenvalue weighted by Gasteiger charge is -2.03. The van der Waals surface area contributed by atoms with Gasteiger partial charge in [0.2, 0.25) is 0 Å². The molecule has 0 bridgehead atoms. The van der Waals surface area contributed by atoms with Crippen LogP contribution in [0.2, 0.25) is 0 Å². The molecule has 0 aromatic heterocycles. The van der Waals surface area contributed by atoms with E-state index in [1.807, 2.05) is 0 Å². The molecule has 0 rings (SSSR count). The van der Waals surface area contributed by atoms with Crippen molar-refractivity contribution >= 4 is 15.9 Å². The van der Waals surface area contributed by atoms with Crippen LogP contribution in [0.4, 0.5) is 0 Å². The van der Waals surface area contributed by atoms with Gasteiger partial charge in [-0.05, 0) is 5.92 Å². The van der Waals surface area contributed by atoms with Crippen LogP contribution in [-0.4, -0.2) is 4.83 Å². The molecule has 0 N–H and O–H groups in total. The zero-order chi connectivity index (χ0) is 5.15. The molecule has 0 aliphatic carbocycles. The molecule has 0 aliphatic rings. The summed E-state index contributed by atoms with van der Waals surface area (Å²) in [6, 6.07) is 0. The molecule has 0 nitrogen and oxygen atoms in total. The van der Waals surface area contributed by atoms with E-state index in [-0.39, 0.29) is 0 Å². The fourth-order valence-corrected chi connectivity index (χ4v) is 0. The lowest BCUT2D eigenvalue weighted by Crippen LogP contribution is -1.98. The second kappa shape index (κ2) is 2.62. The summed E-state index contributed by atoms with van der Waals surface area (Å²) in [5.41, 5.74) is 0. The molecule has 0 saturated heterocycles. The largest absolute Gasteiger partial charge is 0.0891 e. The second-order valence-corrected chi connectivity index (χ2v) is 3.37. The minimum absolute atomic E-state index is 0.664. The van der Waals surface area contributed by atoms with Gasteiger partial charge in [-0.15, -0.1) is 0 Å². The Hall–Kier alpha value is 0.480. The van der Waals surface area contributed by atoms with Crippen molar-refractivity contribution in [3.05, 3.63) is 0 Å². The third kappa shape index (κ3) is 2.70. The van der Waals surface area contributed by atoms with Crippen molar-refractivity contribution in [1.29, 1.82) is 0 Å². The maximum absolute atomic E-state index is 3.44. The first-order chi connectivity index (χ1) is 2.64. The number of hydrogen-bond donors (Lipinski definition) is 0. The molecule has 0 radical (unpaired) electrons. The lowest BCUT2D eigenvalue weighted by atomic mass is 10.2. The lowest BCUT2D eigenvalue weighted by molar-refractivity contribution is 0.651. The van der Waals surface area contributed by atoms with Crippen molar-refractivity contribution in [3.63, 3.8) is 0 Å². The first-order valence-corrected chi connectivity index (χ1v) is 3.20. The molecule has 0 saturated carbocycles. The first kappa shape index (κ1) is 6.48. The zero-order valence-corrected chi connectivity index (χ0v) is 6.12. The number of hydrogen-bond acceptors (Lipinski definition) is 0. The van der Waals surface area contributed by atoms with E-state index in [1.54, 1.807) is 0 Å². The molecule has 1 heteroatoms. The van der Waals surface area contributed by atoms with Gasteiger partial charge in [-0.25, -0.2) is 0 Å². The SMILES string of the molecule is CC(C)[C@@H](C)Br. The van der Waals surface area contributed by atoms with Crippen LogP contribution >= 0.6 is 15.9 Å². The fourth-order valence-electron chi connectivity index (χ4n) is 0. The third-order valence-electron chi connectivity index (χ3n) is 0.919. The molecule has 0 aromatic carbocycles. The van der Waals surface area contributed by atoms with Gasteiger partial charge < -0.3 is 0 Å². The van der Waals surface area contributed by atoms with Crippen LogP contribution in [-0.2, 0) is 0 Å². The molecule has 0 spiro atoms. The van der Waals surface area contributed by atoms with Crippen molar-refractivity contribution in [2.75, 3.05) is 0 Å². The van der Waals surface area contributed by atoms with Crippen molar-refractivity contribution in [2.45, 2.75) is 25.6 Å². The van der Waals surface area contributed by atoms with Gasteiger partial charge in [-0.1, -0.05) is 36.7 Å². The third-order valence-corrected chi connectivity index (χ3v) is 1.98. The van der Waals surface area contributed by atoms with Crippen LogP contribution in [0, 0.1) is 5.92 Å². The monoisotopic (exact) mass is 150 g/mol. The minimum Gasteiger partial charge on any atom is -0.0891 e. The van der Waals surface area contributed by atoms with Crippen LogP contribution in [0.25, 0.3) is 0 Å². The quantitative estimate of drug-likeness (QED) is 0.505. The van der Waals surface area contributed by atoms with E-state index in [9.17, 15) is 0 Å². The highest BCUT2D eigenvalue weighted by atomic mass is 79.9. The van der Waals surface area contributed by atoms with Crippen molar-refractivity contribution in [1.82, 2.24) is 0 Å². The molecule has 0 amide bonds. The standard InChI is InChI=1S/C5H11Br/c1-4(2)5(3)6/h4-5H,1-3H3/t5-/m1/s1. The molecule has 6 heavy (non-hydrogen) atoms.